The molecule has 0 spiro atoms. The standard InChI is InChI=1S/C23H30N2O4/c1-22-18-14-7-8-15(21(24)27)19(18)29-20(22)16(26)9-10-23(22,28)17(11-14)25(2,3)12-13-5-4-6-13/h7-10,13,16-17,20,26,28H,4-6,11-12H2,1-3H3,(H-,24,27)/p+1/t16-,17+,20-,22?,23+/m0/s1. The van der Waals surface area contributed by atoms with Gasteiger partial charge >= 0.3 is 0 Å². The van der Waals surface area contributed by atoms with Gasteiger partial charge in [-0.3, -0.25) is 4.79 Å². The Hall–Kier alpha value is -1.89. The summed E-state index contributed by atoms with van der Waals surface area (Å²) in [7, 11) is 4.41. The second kappa shape index (κ2) is 5.84. The number of carbonyl (C=O) groups is 1. The number of aliphatic hydroxyl groups excluding tert-OH is 1. The largest absolute Gasteiger partial charge is 0.485 e. The summed E-state index contributed by atoms with van der Waals surface area (Å²) in [6.45, 7) is 2.99. The fourth-order valence-electron chi connectivity index (χ4n) is 6.49. The van der Waals surface area contributed by atoms with Crippen molar-refractivity contribution in [2.24, 2.45) is 11.7 Å². The van der Waals surface area contributed by atoms with Gasteiger partial charge in [0.2, 0.25) is 0 Å². The summed E-state index contributed by atoms with van der Waals surface area (Å²) >= 11 is 0. The maximum absolute atomic E-state index is 12.2. The van der Waals surface area contributed by atoms with Crippen LogP contribution in [0.3, 0.4) is 0 Å². The fraction of sp³-hybridized carbons (Fsp3) is 0.609. The number of nitrogens with zero attached hydrogens (tertiary/aromatic N) is 1. The normalized spacial score (nSPS) is 37.6. The number of amides is 1. The van der Waals surface area contributed by atoms with Gasteiger partial charge in [0, 0.05) is 17.9 Å². The lowest BCUT2D eigenvalue weighted by Gasteiger charge is -2.58. The lowest BCUT2D eigenvalue weighted by molar-refractivity contribution is -0.926. The van der Waals surface area contributed by atoms with Gasteiger partial charge in [0.05, 0.1) is 31.6 Å². The van der Waals surface area contributed by atoms with Crippen molar-refractivity contribution in [3.05, 3.63) is 41.0 Å². The Morgan fingerprint density at radius 2 is 2.07 bits per heavy atom. The summed E-state index contributed by atoms with van der Waals surface area (Å²) in [5.41, 5.74) is 5.78. The van der Waals surface area contributed by atoms with E-state index in [1.165, 1.54) is 19.3 Å². The fourth-order valence-corrected chi connectivity index (χ4v) is 6.49. The van der Waals surface area contributed by atoms with Gasteiger partial charge in [0.1, 0.15) is 29.6 Å². The Morgan fingerprint density at radius 3 is 2.69 bits per heavy atom. The maximum atomic E-state index is 12.2. The van der Waals surface area contributed by atoms with E-state index in [2.05, 4.69) is 14.1 Å². The Balaban J connectivity index is 1.70. The van der Waals surface area contributed by atoms with Crippen molar-refractivity contribution in [2.45, 2.75) is 61.9 Å². The Morgan fingerprint density at radius 1 is 1.34 bits per heavy atom. The Bertz CT molecular complexity index is 922. The number of ether oxygens (including phenoxy) is 1. The van der Waals surface area contributed by atoms with Gasteiger partial charge in [-0.15, -0.1) is 0 Å². The predicted octanol–water partition coefficient (Wildman–Crippen LogP) is 1.27. The van der Waals surface area contributed by atoms with Gasteiger partial charge in [0.25, 0.3) is 5.91 Å². The van der Waals surface area contributed by atoms with Crippen LogP contribution in [-0.4, -0.2) is 65.1 Å². The highest BCUT2D eigenvalue weighted by Crippen LogP contribution is 2.60. The smallest absolute Gasteiger partial charge is 0.252 e. The molecule has 0 radical (unpaired) electrons. The molecule has 1 aliphatic heterocycles. The minimum absolute atomic E-state index is 0.0826. The number of benzene rings is 1. The molecule has 1 unspecified atom stereocenters. The van der Waals surface area contributed by atoms with Gasteiger partial charge < -0.3 is 25.2 Å². The molecular weight excluding hydrogens is 368 g/mol. The summed E-state index contributed by atoms with van der Waals surface area (Å²) in [4.78, 5) is 12.0. The third kappa shape index (κ3) is 2.31. The summed E-state index contributed by atoms with van der Waals surface area (Å²) < 4.78 is 6.89. The Labute approximate surface area is 171 Å². The van der Waals surface area contributed by atoms with Crippen LogP contribution in [0.25, 0.3) is 0 Å². The number of carbonyl (C=O) groups excluding carboxylic acids is 1. The molecule has 0 aromatic heterocycles. The van der Waals surface area contributed by atoms with Crippen LogP contribution in [0, 0.1) is 5.92 Å². The molecule has 6 heteroatoms. The van der Waals surface area contributed by atoms with Crippen molar-refractivity contribution in [3.8, 4) is 5.75 Å². The van der Waals surface area contributed by atoms with Gasteiger partial charge in [-0.2, -0.15) is 0 Å². The van der Waals surface area contributed by atoms with E-state index in [-0.39, 0.29) is 6.04 Å². The van der Waals surface area contributed by atoms with Crippen LogP contribution in [-0.2, 0) is 11.8 Å². The number of rotatable bonds is 4. The molecule has 6 nitrogen and oxygen atoms in total. The van der Waals surface area contributed by atoms with Crippen molar-refractivity contribution < 1.29 is 24.2 Å². The molecule has 4 N–H and O–H groups in total. The summed E-state index contributed by atoms with van der Waals surface area (Å²) in [5.74, 6) is 0.579. The first kappa shape index (κ1) is 19.1. The molecule has 1 saturated carbocycles. The van der Waals surface area contributed by atoms with Crippen LogP contribution in [0.4, 0.5) is 0 Å². The SMILES string of the molecule is CC12c3c4ccc(C(N)=O)c3O[C@H]1[C@@H](O)C=C[C@@]2(O)[C@H]([N+](C)(C)CC1CCC1)C4. The highest BCUT2D eigenvalue weighted by molar-refractivity contribution is 5.97. The molecule has 1 fully saturated rings. The van der Waals surface area contributed by atoms with Crippen LogP contribution < -0.4 is 10.5 Å². The number of nitrogens with two attached hydrogens (primary N) is 1. The topological polar surface area (TPSA) is 92.8 Å². The van der Waals surface area contributed by atoms with E-state index >= 15 is 0 Å². The van der Waals surface area contributed by atoms with E-state index in [4.69, 9.17) is 10.5 Å². The van der Waals surface area contributed by atoms with Crippen LogP contribution in [0.5, 0.6) is 5.75 Å². The lowest BCUT2D eigenvalue weighted by atomic mass is 9.54. The molecule has 0 saturated heterocycles. The monoisotopic (exact) mass is 399 g/mol. The van der Waals surface area contributed by atoms with Gasteiger partial charge in [-0.1, -0.05) is 18.6 Å². The second-order valence-corrected chi connectivity index (χ2v) is 10.2. The molecule has 0 bridgehead atoms. The molecule has 3 aliphatic carbocycles. The summed E-state index contributed by atoms with van der Waals surface area (Å²) in [6, 6.07) is 3.60. The molecular formula is C23H31N2O4+. The first-order chi connectivity index (χ1) is 13.6. The Kier molecular flexibility index (Phi) is 3.84. The number of hydrogen-bond acceptors (Lipinski definition) is 4. The number of quaternary nitrogens is 1. The molecule has 29 heavy (non-hydrogen) atoms. The van der Waals surface area contributed by atoms with Gasteiger partial charge in [-0.25, -0.2) is 0 Å². The first-order valence-electron chi connectivity index (χ1n) is 10.6. The minimum atomic E-state index is -1.20. The molecule has 1 heterocycles. The van der Waals surface area contributed by atoms with Gasteiger partial charge in [-0.05, 0) is 37.5 Å². The lowest BCUT2D eigenvalue weighted by Crippen LogP contribution is -2.74. The van der Waals surface area contributed by atoms with Gasteiger partial charge in [0.15, 0.2) is 0 Å². The van der Waals surface area contributed by atoms with E-state index in [0.29, 0.717) is 28.1 Å². The van der Waals surface area contributed by atoms with Crippen molar-refractivity contribution in [1.29, 1.82) is 0 Å². The van der Waals surface area contributed by atoms with Crippen LogP contribution in [0.1, 0.15) is 47.7 Å². The number of primary amides is 1. The van der Waals surface area contributed by atoms with E-state index in [0.717, 1.165) is 17.7 Å². The maximum Gasteiger partial charge on any atom is 0.252 e. The molecule has 1 aromatic rings. The quantitative estimate of drug-likeness (QED) is 0.525. The average Bonchev–Trinajstić information content (AvgIpc) is 2.95. The van der Waals surface area contributed by atoms with Crippen LogP contribution in [0.15, 0.2) is 24.3 Å². The molecule has 156 valence electrons. The number of hydrogen-bond donors (Lipinski definition) is 3. The molecule has 1 amide bonds. The predicted molar refractivity (Wildman–Crippen MR) is 109 cm³/mol. The van der Waals surface area contributed by atoms with E-state index in [9.17, 15) is 15.0 Å². The van der Waals surface area contributed by atoms with Crippen molar-refractivity contribution >= 4 is 5.91 Å². The first-order valence-corrected chi connectivity index (χ1v) is 10.6. The zero-order valence-corrected chi connectivity index (χ0v) is 17.4. The summed E-state index contributed by atoms with van der Waals surface area (Å²) in [6.07, 6.45) is 6.42. The molecule has 4 aliphatic rings. The highest BCUT2D eigenvalue weighted by Gasteiger charge is 2.70. The van der Waals surface area contributed by atoms with Crippen LogP contribution in [0.2, 0.25) is 0 Å². The highest BCUT2D eigenvalue weighted by atomic mass is 16.5. The minimum Gasteiger partial charge on any atom is -0.485 e. The van der Waals surface area contributed by atoms with Crippen molar-refractivity contribution in [3.63, 3.8) is 0 Å². The molecule has 5 atom stereocenters. The van der Waals surface area contributed by atoms with E-state index in [1.54, 1.807) is 18.2 Å². The van der Waals surface area contributed by atoms with Crippen LogP contribution >= 0.6 is 0 Å². The number of likely N-dealkylation sites (N-methyl/N-ethyl adjacent to an activating group) is 1. The summed E-state index contributed by atoms with van der Waals surface area (Å²) in [5, 5.41) is 23.0. The second-order valence-electron chi connectivity index (χ2n) is 10.2. The zero-order valence-electron chi connectivity index (χ0n) is 17.4. The van der Waals surface area contributed by atoms with Crippen molar-refractivity contribution in [1.82, 2.24) is 0 Å². The van der Waals surface area contributed by atoms with Crippen molar-refractivity contribution in [2.75, 3.05) is 20.6 Å². The average molecular weight is 400 g/mol. The molecule has 1 aromatic carbocycles. The number of aliphatic hydroxyl groups is 2. The van der Waals surface area contributed by atoms with E-state index < -0.39 is 29.1 Å². The van der Waals surface area contributed by atoms with E-state index in [1.807, 2.05) is 13.0 Å². The third-order valence-corrected chi connectivity index (χ3v) is 8.25. The zero-order chi connectivity index (χ0) is 20.8. The molecule has 5 rings (SSSR count). The third-order valence-electron chi connectivity index (χ3n) is 8.25.